The molecule has 0 spiro atoms. The van der Waals surface area contributed by atoms with Crippen molar-refractivity contribution in [3.8, 4) is 5.75 Å². The maximum Gasteiger partial charge on any atom is 0.142 e. The first kappa shape index (κ1) is 24.8. The number of alkyl halides is 1. The molecule has 0 amide bonds. The molecule has 0 aromatic heterocycles. The number of nitrogens with two attached hydrogens (primary N) is 1. The van der Waals surface area contributed by atoms with Gasteiger partial charge in [-0.05, 0) is 37.0 Å². The number of hydrogen-bond donors (Lipinski definition) is 4. The highest BCUT2D eigenvalue weighted by Crippen LogP contribution is 2.24. The average Bonchev–Trinajstić information content (AvgIpc) is 2.66. The van der Waals surface area contributed by atoms with Crippen LogP contribution in [0.5, 0.6) is 5.75 Å². The summed E-state index contributed by atoms with van der Waals surface area (Å²) < 4.78 is 17.7. The summed E-state index contributed by atoms with van der Waals surface area (Å²) in [7, 11) is 0. The summed E-state index contributed by atoms with van der Waals surface area (Å²) in [5.74, 6) is 0.725. The molecule has 1 rings (SSSR count). The van der Waals surface area contributed by atoms with Gasteiger partial charge >= 0.3 is 0 Å². The largest absolute Gasteiger partial charge is 0.494 e. The Bertz CT molecular complexity index is 496. The Balaban J connectivity index is 2.16. The van der Waals surface area contributed by atoms with Gasteiger partial charge in [0, 0.05) is 13.0 Å². The standard InChI is InChI=1S/C22H38FNO4/c23-15-8-6-4-2-1-3-5-7-9-17-28-21-12-10-19(11-13-21)22(24,27)18-20(26)14-16-25/h10-13,20,25-27H,1-9,14-18,24H2. The number of ether oxygens (including phenoxy) is 1. The zero-order valence-corrected chi connectivity index (χ0v) is 17.0. The van der Waals surface area contributed by atoms with E-state index in [1.54, 1.807) is 24.3 Å². The fourth-order valence-corrected chi connectivity index (χ4v) is 3.19. The molecule has 0 saturated heterocycles. The molecule has 0 saturated carbocycles. The van der Waals surface area contributed by atoms with Crippen molar-refractivity contribution in [3.05, 3.63) is 29.8 Å². The number of aliphatic hydroxyl groups excluding tert-OH is 2. The second-order valence-electron chi connectivity index (χ2n) is 7.54. The number of unbranched alkanes of at least 4 members (excludes halogenated alkanes) is 8. The van der Waals surface area contributed by atoms with E-state index in [1.165, 1.54) is 25.7 Å². The fraction of sp³-hybridized carbons (Fsp3) is 0.727. The molecular weight excluding hydrogens is 361 g/mol. The van der Waals surface area contributed by atoms with Crippen LogP contribution in [0, 0.1) is 0 Å². The molecule has 0 aliphatic heterocycles. The summed E-state index contributed by atoms with van der Waals surface area (Å²) >= 11 is 0. The van der Waals surface area contributed by atoms with Crippen LogP contribution in [0.4, 0.5) is 4.39 Å². The normalized spacial score (nSPS) is 14.6. The minimum absolute atomic E-state index is 0.0381. The van der Waals surface area contributed by atoms with Crippen molar-refractivity contribution >= 4 is 0 Å². The number of benzene rings is 1. The molecule has 0 heterocycles. The summed E-state index contributed by atoms with van der Waals surface area (Å²) in [6, 6.07) is 6.93. The summed E-state index contributed by atoms with van der Waals surface area (Å²) in [5.41, 5.74) is 4.75. The van der Waals surface area contributed by atoms with E-state index in [1.807, 2.05) is 0 Å². The van der Waals surface area contributed by atoms with Gasteiger partial charge in [-0.3, -0.25) is 10.1 Å². The topological polar surface area (TPSA) is 95.9 Å². The Hall–Kier alpha value is -1.21. The molecule has 0 radical (unpaired) electrons. The number of hydrogen-bond acceptors (Lipinski definition) is 5. The van der Waals surface area contributed by atoms with E-state index in [4.69, 9.17) is 15.6 Å². The van der Waals surface area contributed by atoms with E-state index in [0.29, 0.717) is 18.6 Å². The van der Waals surface area contributed by atoms with Gasteiger partial charge in [-0.1, -0.05) is 57.1 Å². The van der Waals surface area contributed by atoms with E-state index in [2.05, 4.69) is 0 Å². The summed E-state index contributed by atoms with van der Waals surface area (Å²) in [6.45, 7) is 0.312. The number of rotatable bonds is 17. The van der Waals surface area contributed by atoms with Crippen molar-refractivity contribution < 1.29 is 24.4 Å². The molecule has 5 nitrogen and oxygen atoms in total. The second kappa shape index (κ2) is 14.7. The molecule has 2 atom stereocenters. The van der Waals surface area contributed by atoms with Crippen LogP contribution in [0.2, 0.25) is 0 Å². The van der Waals surface area contributed by atoms with Gasteiger partial charge in [0.1, 0.15) is 11.5 Å². The van der Waals surface area contributed by atoms with Crippen LogP contribution in [-0.2, 0) is 5.72 Å². The first-order valence-electron chi connectivity index (χ1n) is 10.6. The number of aliphatic hydroxyl groups is 3. The van der Waals surface area contributed by atoms with Crippen molar-refractivity contribution in [2.75, 3.05) is 19.9 Å². The van der Waals surface area contributed by atoms with Crippen molar-refractivity contribution in [2.45, 2.75) is 82.5 Å². The monoisotopic (exact) mass is 399 g/mol. The molecule has 6 heteroatoms. The third kappa shape index (κ3) is 11.0. The van der Waals surface area contributed by atoms with E-state index in [9.17, 15) is 14.6 Å². The predicted octanol–water partition coefficient (Wildman–Crippen LogP) is 3.78. The maximum atomic E-state index is 12.0. The van der Waals surface area contributed by atoms with Crippen LogP contribution >= 0.6 is 0 Å². The van der Waals surface area contributed by atoms with Crippen LogP contribution in [-0.4, -0.2) is 41.3 Å². The summed E-state index contributed by atoms with van der Waals surface area (Å²) in [5, 5.41) is 28.9. The lowest BCUT2D eigenvalue weighted by Crippen LogP contribution is -2.40. The van der Waals surface area contributed by atoms with Crippen LogP contribution in [0.25, 0.3) is 0 Å². The smallest absolute Gasteiger partial charge is 0.142 e. The van der Waals surface area contributed by atoms with Gasteiger partial charge < -0.3 is 20.1 Å². The molecule has 5 N–H and O–H groups in total. The Kier molecular flexibility index (Phi) is 13.1. The molecule has 0 aliphatic rings. The number of halogens is 1. The van der Waals surface area contributed by atoms with Gasteiger partial charge in [0.25, 0.3) is 0 Å². The quantitative estimate of drug-likeness (QED) is 0.236. The van der Waals surface area contributed by atoms with Gasteiger partial charge in [0.2, 0.25) is 0 Å². The zero-order valence-electron chi connectivity index (χ0n) is 17.0. The van der Waals surface area contributed by atoms with Crippen molar-refractivity contribution in [1.82, 2.24) is 0 Å². The molecule has 1 aromatic rings. The van der Waals surface area contributed by atoms with E-state index < -0.39 is 11.8 Å². The highest BCUT2D eigenvalue weighted by Gasteiger charge is 2.27. The molecule has 162 valence electrons. The lowest BCUT2D eigenvalue weighted by molar-refractivity contribution is -0.0162. The fourth-order valence-electron chi connectivity index (χ4n) is 3.19. The van der Waals surface area contributed by atoms with Crippen LogP contribution in [0.3, 0.4) is 0 Å². The van der Waals surface area contributed by atoms with Gasteiger partial charge in [0.15, 0.2) is 0 Å². The lowest BCUT2D eigenvalue weighted by atomic mass is 9.96. The van der Waals surface area contributed by atoms with Gasteiger partial charge in [0.05, 0.1) is 19.4 Å². The van der Waals surface area contributed by atoms with E-state index >= 15 is 0 Å². The highest BCUT2D eigenvalue weighted by atomic mass is 19.1. The molecule has 0 fully saturated rings. The van der Waals surface area contributed by atoms with Crippen molar-refractivity contribution in [3.63, 3.8) is 0 Å². The Morgan fingerprint density at radius 3 is 2.00 bits per heavy atom. The average molecular weight is 400 g/mol. The lowest BCUT2D eigenvalue weighted by Gasteiger charge is -2.26. The summed E-state index contributed by atoms with van der Waals surface area (Å²) in [6.07, 6.45) is 9.12. The van der Waals surface area contributed by atoms with Crippen LogP contribution < -0.4 is 10.5 Å². The second-order valence-corrected chi connectivity index (χ2v) is 7.54. The van der Waals surface area contributed by atoms with E-state index in [-0.39, 0.29) is 26.1 Å². The van der Waals surface area contributed by atoms with Gasteiger partial charge in [-0.25, -0.2) is 0 Å². The Morgan fingerprint density at radius 1 is 0.929 bits per heavy atom. The molecule has 0 bridgehead atoms. The van der Waals surface area contributed by atoms with Crippen molar-refractivity contribution in [2.24, 2.45) is 5.73 Å². The first-order chi connectivity index (χ1) is 13.5. The third-order valence-corrected chi connectivity index (χ3v) is 4.91. The SMILES string of the molecule is NC(O)(CC(O)CCO)c1ccc(OCCCCCCCCCCCF)cc1. The minimum atomic E-state index is -1.64. The Morgan fingerprint density at radius 2 is 1.46 bits per heavy atom. The van der Waals surface area contributed by atoms with E-state index in [0.717, 1.165) is 31.4 Å². The zero-order chi connectivity index (χ0) is 20.7. The molecular formula is C22H38FNO4. The van der Waals surface area contributed by atoms with Crippen molar-refractivity contribution in [1.29, 1.82) is 0 Å². The first-order valence-corrected chi connectivity index (χ1v) is 10.6. The van der Waals surface area contributed by atoms with Crippen LogP contribution in [0.1, 0.15) is 76.2 Å². The predicted molar refractivity (Wildman–Crippen MR) is 110 cm³/mol. The molecule has 1 aromatic carbocycles. The minimum Gasteiger partial charge on any atom is -0.494 e. The maximum absolute atomic E-state index is 12.0. The summed E-state index contributed by atoms with van der Waals surface area (Å²) in [4.78, 5) is 0. The molecule has 0 aliphatic carbocycles. The van der Waals surface area contributed by atoms with Gasteiger partial charge in [-0.2, -0.15) is 0 Å². The highest BCUT2D eigenvalue weighted by molar-refractivity contribution is 5.30. The Labute approximate surface area is 168 Å². The molecule has 2 unspecified atom stereocenters. The van der Waals surface area contributed by atoms with Gasteiger partial charge in [-0.15, -0.1) is 0 Å². The third-order valence-electron chi connectivity index (χ3n) is 4.91. The van der Waals surface area contributed by atoms with Crippen LogP contribution in [0.15, 0.2) is 24.3 Å². The molecule has 28 heavy (non-hydrogen) atoms.